The van der Waals surface area contributed by atoms with E-state index in [9.17, 15) is 0 Å². The Balaban J connectivity index is 2.04. The maximum atomic E-state index is 6.03. The minimum atomic E-state index is 0.244. The van der Waals surface area contributed by atoms with Gasteiger partial charge in [-0.25, -0.2) is 4.98 Å². The number of anilines is 1. The molecule has 5 heteroatoms. The van der Waals surface area contributed by atoms with Crippen molar-refractivity contribution >= 4 is 28.3 Å². The maximum Gasteiger partial charge on any atom is 0.205 e. The molecule has 0 N–H and O–H groups in total. The number of halogens is 1. The van der Waals surface area contributed by atoms with Gasteiger partial charge < -0.3 is 4.90 Å². The van der Waals surface area contributed by atoms with Crippen LogP contribution in [-0.2, 0) is 0 Å². The molecule has 1 saturated heterocycles. The average molecular weight is 232 g/mol. The van der Waals surface area contributed by atoms with Gasteiger partial charge in [0.25, 0.3) is 0 Å². The molecule has 2 atom stereocenters. The average Bonchev–Trinajstić information content (AvgIpc) is 2.70. The van der Waals surface area contributed by atoms with E-state index < -0.39 is 0 Å². The Bertz CT molecular complexity index is 276. The molecule has 2 unspecified atom stereocenters. The van der Waals surface area contributed by atoms with Gasteiger partial charge in [0.1, 0.15) is 6.33 Å². The van der Waals surface area contributed by atoms with Crippen LogP contribution in [0.1, 0.15) is 26.2 Å². The maximum absolute atomic E-state index is 6.03. The summed E-state index contributed by atoms with van der Waals surface area (Å²) >= 11 is 7.50. The van der Waals surface area contributed by atoms with Crippen LogP contribution in [0.2, 0.25) is 0 Å². The molecule has 3 nitrogen and oxygen atoms in total. The molecule has 14 heavy (non-hydrogen) atoms. The Morgan fingerprint density at radius 3 is 3.29 bits per heavy atom. The SMILES string of the molecule is CC(Cl)CC1CCCN1c1ncns1. The Kier molecular flexibility index (Phi) is 3.23. The lowest BCUT2D eigenvalue weighted by Gasteiger charge is -2.24. The fourth-order valence-electron chi connectivity index (χ4n) is 2.00. The minimum Gasteiger partial charge on any atom is -0.344 e. The van der Waals surface area contributed by atoms with Gasteiger partial charge in [-0.2, -0.15) is 4.37 Å². The van der Waals surface area contributed by atoms with Gasteiger partial charge >= 0.3 is 0 Å². The lowest BCUT2D eigenvalue weighted by molar-refractivity contribution is 0.604. The molecule has 0 radical (unpaired) electrons. The van der Waals surface area contributed by atoms with E-state index in [4.69, 9.17) is 11.6 Å². The summed E-state index contributed by atoms with van der Waals surface area (Å²) in [6.45, 7) is 3.15. The quantitative estimate of drug-likeness (QED) is 0.749. The summed E-state index contributed by atoms with van der Waals surface area (Å²) in [6, 6.07) is 0.565. The summed E-state index contributed by atoms with van der Waals surface area (Å²) in [4.78, 5) is 6.59. The van der Waals surface area contributed by atoms with Gasteiger partial charge in [0.05, 0.1) is 0 Å². The molecule has 1 aliphatic rings. The van der Waals surface area contributed by atoms with Crippen molar-refractivity contribution in [3.05, 3.63) is 6.33 Å². The van der Waals surface area contributed by atoms with E-state index in [1.807, 2.05) is 0 Å². The van der Waals surface area contributed by atoms with E-state index in [0.717, 1.165) is 18.1 Å². The zero-order valence-electron chi connectivity index (χ0n) is 8.19. The van der Waals surface area contributed by atoms with E-state index >= 15 is 0 Å². The van der Waals surface area contributed by atoms with Gasteiger partial charge in [0.2, 0.25) is 5.13 Å². The van der Waals surface area contributed by atoms with Crippen LogP contribution in [0.4, 0.5) is 5.13 Å². The second-order valence-electron chi connectivity index (χ2n) is 3.73. The number of hydrogen-bond acceptors (Lipinski definition) is 4. The van der Waals surface area contributed by atoms with Gasteiger partial charge in [-0.1, -0.05) is 0 Å². The Morgan fingerprint density at radius 1 is 1.79 bits per heavy atom. The molecule has 1 aliphatic heterocycles. The van der Waals surface area contributed by atoms with Gasteiger partial charge in [0.15, 0.2) is 0 Å². The van der Waals surface area contributed by atoms with E-state index in [1.165, 1.54) is 24.4 Å². The molecule has 0 spiro atoms. The second kappa shape index (κ2) is 4.45. The summed E-state index contributed by atoms with van der Waals surface area (Å²) in [5.41, 5.74) is 0. The molecule has 1 aromatic heterocycles. The lowest BCUT2D eigenvalue weighted by Crippen LogP contribution is -2.30. The molecule has 2 heterocycles. The summed E-state index contributed by atoms with van der Waals surface area (Å²) in [7, 11) is 0. The van der Waals surface area contributed by atoms with Crippen molar-refractivity contribution in [2.45, 2.75) is 37.6 Å². The number of aromatic nitrogens is 2. The van der Waals surface area contributed by atoms with Crippen molar-refractivity contribution in [2.24, 2.45) is 0 Å². The summed E-state index contributed by atoms with van der Waals surface area (Å²) in [5.74, 6) is 0. The third-order valence-electron chi connectivity index (χ3n) is 2.57. The van der Waals surface area contributed by atoms with Crippen LogP contribution in [0.3, 0.4) is 0 Å². The highest BCUT2D eigenvalue weighted by Gasteiger charge is 2.27. The first-order valence-corrected chi connectivity index (χ1v) is 6.15. The van der Waals surface area contributed by atoms with E-state index in [2.05, 4.69) is 21.2 Å². The number of hydrogen-bond donors (Lipinski definition) is 0. The summed E-state index contributed by atoms with van der Waals surface area (Å²) in [6.07, 6.45) is 5.14. The molecule has 78 valence electrons. The predicted octanol–water partition coefficient (Wildman–Crippen LogP) is 2.52. The highest BCUT2D eigenvalue weighted by atomic mass is 35.5. The molecular weight excluding hydrogens is 218 g/mol. The molecule has 1 fully saturated rings. The summed E-state index contributed by atoms with van der Waals surface area (Å²) in [5, 5.41) is 1.29. The second-order valence-corrected chi connectivity index (χ2v) is 5.23. The van der Waals surface area contributed by atoms with Gasteiger partial charge in [-0.15, -0.1) is 11.6 Å². The third-order valence-corrected chi connectivity index (χ3v) is 3.45. The first kappa shape index (κ1) is 10.2. The standard InChI is InChI=1S/C9H14ClN3S/c1-7(10)5-8-3-2-4-13(8)9-11-6-12-14-9/h6-8H,2-5H2,1H3. The highest BCUT2D eigenvalue weighted by molar-refractivity contribution is 7.09. The number of alkyl halides is 1. The van der Waals surface area contributed by atoms with E-state index in [1.54, 1.807) is 6.33 Å². The predicted molar refractivity (Wildman–Crippen MR) is 60.2 cm³/mol. The van der Waals surface area contributed by atoms with Crippen molar-refractivity contribution in [1.82, 2.24) is 9.36 Å². The van der Waals surface area contributed by atoms with Gasteiger partial charge in [-0.05, 0) is 26.2 Å². The number of rotatable bonds is 3. The first-order chi connectivity index (χ1) is 6.77. The zero-order valence-corrected chi connectivity index (χ0v) is 9.76. The van der Waals surface area contributed by atoms with Crippen molar-refractivity contribution < 1.29 is 0 Å². The van der Waals surface area contributed by atoms with Crippen LogP contribution in [0.25, 0.3) is 0 Å². The normalized spacial score (nSPS) is 24.1. The van der Waals surface area contributed by atoms with Gasteiger partial charge in [-0.3, -0.25) is 0 Å². The highest BCUT2D eigenvalue weighted by Crippen LogP contribution is 2.29. The monoisotopic (exact) mass is 231 g/mol. The van der Waals surface area contributed by atoms with Crippen LogP contribution in [0, 0.1) is 0 Å². The first-order valence-electron chi connectivity index (χ1n) is 4.95. The van der Waals surface area contributed by atoms with E-state index in [0.29, 0.717) is 6.04 Å². The molecule has 0 bridgehead atoms. The third kappa shape index (κ3) is 2.17. The molecule has 1 aromatic rings. The van der Waals surface area contributed by atoms with Crippen LogP contribution < -0.4 is 4.90 Å². The Hall–Kier alpha value is -0.350. The molecule has 0 aliphatic carbocycles. The minimum absolute atomic E-state index is 0.244. The molecule has 0 aromatic carbocycles. The van der Waals surface area contributed by atoms with Crippen molar-refractivity contribution in [3.63, 3.8) is 0 Å². The number of nitrogens with zero attached hydrogens (tertiary/aromatic N) is 3. The molecule has 0 amide bonds. The fourth-order valence-corrected chi connectivity index (χ4v) is 2.84. The van der Waals surface area contributed by atoms with E-state index in [-0.39, 0.29) is 5.38 Å². The smallest absolute Gasteiger partial charge is 0.205 e. The molecule has 0 saturated carbocycles. The lowest BCUT2D eigenvalue weighted by atomic mass is 10.1. The Morgan fingerprint density at radius 2 is 2.64 bits per heavy atom. The largest absolute Gasteiger partial charge is 0.344 e. The molecule has 2 rings (SSSR count). The van der Waals surface area contributed by atoms with Crippen molar-refractivity contribution in [3.8, 4) is 0 Å². The van der Waals surface area contributed by atoms with Crippen LogP contribution in [0.15, 0.2) is 6.33 Å². The van der Waals surface area contributed by atoms with Crippen LogP contribution in [-0.4, -0.2) is 27.3 Å². The van der Waals surface area contributed by atoms with Crippen molar-refractivity contribution in [2.75, 3.05) is 11.4 Å². The Labute approximate surface area is 93.3 Å². The summed E-state index contributed by atoms with van der Waals surface area (Å²) < 4.78 is 4.04. The topological polar surface area (TPSA) is 29.0 Å². The fraction of sp³-hybridized carbons (Fsp3) is 0.778. The van der Waals surface area contributed by atoms with Crippen LogP contribution in [0.5, 0.6) is 0 Å². The van der Waals surface area contributed by atoms with Crippen LogP contribution >= 0.6 is 23.1 Å². The zero-order chi connectivity index (χ0) is 9.97. The van der Waals surface area contributed by atoms with Gasteiger partial charge in [0, 0.05) is 29.5 Å². The molecular formula is C9H14ClN3S. The van der Waals surface area contributed by atoms with Crippen molar-refractivity contribution in [1.29, 1.82) is 0 Å².